The van der Waals surface area contributed by atoms with Crippen LogP contribution in [0.1, 0.15) is 23.2 Å². The van der Waals surface area contributed by atoms with Crippen LogP contribution in [0.5, 0.6) is 0 Å². The summed E-state index contributed by atoms with van der Waals surface area (Å²) in [4.78, 5) is 12.9. The molecule has 144 valence electrons. The average molecular weight is 396 g/mol. The molecule has 1 aliphatic heterocycles. The third kappa shape index (κ3) is 3.90. The monoisotopic (exact) mass is 395 g/mol. The van der Waals surface area contributed by atoms with Gasteiger partial charge in [0, 0.05) is 43.2 Å². The van der Waals surface area contributed by atoms with Crippen LogP contribution in [-0.4, -0.2) is 36.4 Å². The predicted molar refractivity (Wildman–Crippen MR) is 112 cm³/mol. The maximum atomic E-state index is 12.9. The molecule has 0 radical (unpaired) electrons. The van der Waals surface area contributed by atoms with Gasteiger partial charge in [-0.2, -0.15) is 0 Å². The maximum absolute atomic E-state index is 12.9. The van der Waals surface area contributed by atoms with Gasteiger partial charge in [-0.3, -0.25) is 4.79 Å². The quantitative estimate of drug-likeness (QED) is 0.687. The molecule has 1 aliphatic rings. The number of rotatable bonds is 4. The smallest absolute Gasteiger partial charge is 0.252 e. The van der Waals surface area contributed by atoms with E-state index in [1.54, 1.807) is 0 Å². The van der Waals surface area contributed by atoms with E-state index in [1.165, 1.54) is 0 Å². The summed E-state index contributed by atoms with van der Waals surface area (Å²) in [6.45, 7) is 1.26. The van der Waals surface area contributed by atoms with E-state index in [9.17, 15) is 9.90 Å². The van der Waals surface area contributed by atoms with E-state index in [2.05, 4.69) is 5.32 Å². The Bertz CT molecular complexity index is 1010. The van der Waals surface area contributed by atoms with Crippen molar-refractivity contribution in [2.24, 2.45) is 0 Å². The average Bonchev–Trinajstić information content (AvgIpc) is 2.72. The van der Waals surface area contributed by atoms with Crippen LogP contribution < -0.4 is 5.32 Å². The largest absolute Gasteiger partial charge is 0.388 e. The minimum Gasteiger partial charge on any atom is -0.388 e. The summed E-state index contributed by atoms with van der Waals surface area (Å²) in [5, 5.41) is 16.0. The van der Waals surface area contributed by atoms with Gasteiger partial charge in [-0.1, -0.05) is 54.1 Å². The van der Waals surface area contributed by atoms with E-state index in [-0.39, 0.29) is 12.5 Å². The Morgan fingerprint density at radius 1 is 1.04 bits per heavy atom. The standard InChI is InChI=1S/C23H22ClNO3/c24-17-5-3-4-16(14-17)18-8-9-21(20-7-2-1-6-19(18)20)22(26)25-15-23(27)10-12-28-13-11-23/h1-9,14,27H,10-13,15H2,(H,25,26). The SMILES string of the molecule is O=C(NCC1(O)CCOCC1)c1ccc(-c2cccc(Cl)c2)c2ccccc12. The first-order valence-corrected chi connectivity index (χ1v) is 9.80. The molecule has 0 aromatic heterocycles. The zero-order valence-electron chi connectivity index (χ0n) is 15.5. The topological polar surface area (TPSA) is 58.6 Å². The second kappa shape index (κ2) is 7.92. The Hall–Kier alpha value is -2.40. The highest BCUT2D eigenvalue weighted by Crippen LogP contribution is 2.32. The summed E-state index contributed by atoms with van der Waals surface area (Å²) < 4.78 is 5.30. The Kier molecular flexibility index (Phi) is 5.36. The Morgan fingerprint density at radius 3 is 2.54 bits per heavy atom. The van der Waals surface area contributed by atoms with Crippen molar-refractivity contribution < 1.29 is 14.6 Å². The number of nitrogens with one attached hydrogen (secondary N) is 1. The van der Waals surface area contributed by atoms with Gasteiger partial charge in [0.2, 0.25) is 0 Å². The summed E-state index contributed by atoms with van der Waals surface area (Å²) in [6, 6.07) is 19.3. The molecule has 3 aromatic rings. The fourth-order valence-electron chi connectivity index (χ4n) is 3.67. The number of benzene rings is 3. The molecular weight excluding hydrogens is 374 g/mol. The zero-order chi connectivity index (χ0) is 19.6. The lowest BCUT2D eigenvalue weighted by atomic mass is 9.93. The molecule has 0 bridgehead atoms. The summed E-state index contributed by atoms with van der Waals surface area (Å²) in [5.74, 6) is -0.186. The molecule has 28 heavy (non-hydrogen) atoms. The van der Waals surface area contributed by atoms with E-state index in [0.29, 0.717) is 36.6 Å². The molecule has 3 aromatic carbocycles. The maximum Gasteiger partial charge on any atom is 0.252 e. The van der Waals surface area contributed by atoms with Gasteiger partial charge in [-0.25, -0.2) is 0 Å². The van der Waals surface area contributed by atoms with Gasteiger partial charge in [-0.05, 0) is 40.1 Å². The minimum absolute atomic E-state index is 0.186. The number of aliphatic hydroxyl groups is 1. The van der Waals surface area contributed by atoms with Gasteiger partial charge in [0.05, 0.1) is 5.60 Å². The van der Waals surface area contributed by atoms with Crippen LogP contribution in [0.3, 0.4) is 0 Å². The van der Waals surface area contributed by atoms with E-state index in [0.717, 1.165) is 21.9 Å². The van der Waals surface area contributed by atoms with Crippen molar-refractivity contribution in [2.75, 3.05) is 19.8 Å². The van der Waals surface area contributed by atoms with E-state index < -0.39 is 5.60 Å². The second-order valence-electron chi connectivity index (χ2n) is 7.24. The lowest BCUT2D eigenvalue weighted by Crippen LogP contribution is -2.46. The Labute approximate surface area is 169 Å². The van der Waals surface area contributed by atoms with Gasteiger partial charge < -0.3 is 15.2 Å². The summed E-state index contributed by atoms with van der Waals surface area (Å²) in [6.07, 6.45) is 1.06. The van der Waals surface area contributed by atoms with Gasteiger partial charge in [0.25, 0.3) is 5.91 Å². The van der Waals surface area contributed by atoms with Crippen LogP contribution >= 0.6 is 11.6 Å². The number of amides is 1. The van der Waals surface area contributed by atoms with Gasteiger partial charge >= 0.3 is 0 Å². The highest BCUT2D eigenvalue weighted by atomic mass is 35.5. The van der Waals surface area contributed by atoms with Crippen molar-refractivity contribution in [3.05, 3.63) is 71.2 Å². The van der Waals surface area contributed by atoms with Crippen LogP contribution in [0, 0.1) is 0 Å². The molecule has 1 heterocycles. The molecule has 0 atom stereocenters. The molecule has 1 saturated heterocycles. The summed E-state index contributed by atoms with van der Waals surface area (Å²) in [5.41, 5.74) is 1.73. The van der Waals surface area contributed by atoms with Crippen molar-refractivity contribution in [3.8, 4) is 11.1 Å². The van der Waals surface area contributed by atoms with Crippen LogP contribution in [-0.2, 0) is 4.74 Å². The normalized spacial score (nSPS) is 16.1. The number of ether oxygens (including phenoxy) is 1. The molecule has 5 heteroatoms. The van der Waals surface area contributed by atoms with Crippen molar-refractivity contribution in [1.29, 1.82) is 0 Å². The number of fused-ring (bicyclic) bond motifs is 1. The molecule has 1 fully saturated rings. The Balaban J connectivity index is 1.65. The molecule has 0 aliphatic carbocycles. The first-order chi connectivity index (χ1) is 13.6. The van der Waals surface area contributed by atoms with E-state index in [4.69, 9.17) is 16.3 Å². The van der Waals surface area contributed by atoms with Crippen molar-refractivity contribution in [1.82, 2.24) is 5.32 Å². The molecule has 1 amide bonds. The van der Waals surface area contributed by atoms with Crippen molar-refractivity contribution >= 4 is 28.3 Å². The number of carbonyl (C=O) groups excluding carboxylic acids is 1. The summed E-state index contributed by atoms with van der Waals surface area (Å²) >= 11 is 6.16. The van der Waals surface area contributed by atoms with Crippen LogP contribution in [0.4, 0.5) is 0 Å². The fourth-order valence-corrected chi connectivity index (χ4v) is 3.86. The first kappa shape index (κ1) is 18.9. The third-order valence-electron chi connectivity index (χ3n) is 5.31. The fraction of sp³-hybridized carbons (Fsp3) is 0.261. The molecule has 0 unspecified atom stereocenters. The minimum atomic E-state index is -0.898. The van der Waals surface area contributed by atoms with Crippen LogP contribution in [0.15, 0.2) is 60.7 Å². The molecule has 2 N–H and O–H groups in total. The molecule has 0 spiro atoms. The highest BCUT2D eigenvalue weighted by Gasteiger charge is 2.30. The van der Waals surface area contributed by atoms with Crippen molar-refractivity contribution in [2.45, 2.75) is 18.4 Å². The number of hydrogen-bond donors (Lipinski definition) is 2. The molecule has 4 nitrogen and oxygen atoms in total. The zero-order valence-corrected chi connectivity index (χ0v) is 16.2. The van der Waals surface area contributed by atoms with E-state index in [1.807, 2.05) is 60.7 Å². The van der Waals surface area contributed by atoms with Crippen LogP contribution in [0.2, 0.25) is 5.02 Å². The van der Waals surface area contributed by atoms with Gasteiger partial charge in [0.15, 0.2) is 0 Å². The van der Waals surface area contributed by atoms with Gasteiger partial charge in [-0.15, -0.1) is 0 Å². The van der Waals surface area contributed by atoms with Gasteiger partial charge in [0.1, 0.15) is 0 Å². The molecule has 4 rings (SSSR count). The third-order valence-corrected chi connectivity index (χ3v) is 5.54. The molecule has 0 saturated carbocycles. The second-order valence-corrected chi connectivity index (χ2v) is 7.67. The number of halogens is 1. The summed E-state index contributed by atoms with van der Waals surface area (Å²) in [7, 11) is 0. The molecular formula is C23H22ClNO3. The van der Waals surface area contributed by atoms with E-state index >= 15 is 0 Å². The van der Waals surface area contributed by atoms with Crippen LogP contribution in [0.25, 0.3) is 21.9 Å². The van der Waals surface area contributed by atoms with Crippen molar-refractivity contribution in [3.63, 3.8) is 0 Å². The highest BCUT2D eigenvalue weighted by molar-refractivity contribution is 6.31. The first-order valence-electron chi connectivity index (χ1n) is 9.42. The lowest BCUT2D eigenvalue weighted by Gasteiger charge is -2.32. The Morgan fingerprint density at radius 2 is 1.79 bits per heavy atom. The number of hydrogen-bond acceptors (Lipinski definition) is 3. The number of carbonyl (C=O) groups is 1. The lowest BCUT2D eigenvalue weighted by molar-refractivity contribution is -0.0605. The predicted octanol–water partition coefficient (Wildman–Crippen LogP) is 4.43.